The molecule has 0 fully saturated rings. The van der Waals surface area contributed by atoms with Crippen LogP contribution in [0, 0.1) is 12.3 Å². The number of nitrogens with two attached hydrogens (primary N) is 1. The summed E-state index contributed by atoms with van der Waals surface area (Å²) in [6.07, 6.45) is 7.21. The average molecular weight is 212 g/mol. The molecule has 0 heterocycles. The third-order valence-corrected chi connectivity index (χ3v) is 2.35. The van der Waals surface area contributed by atoms with Gasteiger partial charge in [0.25, 0.3) is 0 Å². The fourth-order valence-electron chi connectivity index (χ4n) is 0.795. The zero-order valence-electron chi connectivity index (χ0n) is 8.16. The maximum atomic E-state index is 11.2. The van der Waals surface area contributed by atoms with Gasteiger partial charge < -0.3 is 11.1 Å². The Morgan fingerprint density at radius 1 is 1.79 bits per heavy atom. The lowest BCUT2D eigenvalue weighted by Gasteiger charge is -2.09. The molecular formula is C10H16N2OS. The number of thioether (sulfide) groups is 1. The first kappa shape index (κ1) is 13.1. The Labute approximate surface area is 89.5 Å². The number of hydrogen-bond acceptors (Lipinski definition) is 3. The first-order valence-corrected chi connectivity index (χ1v) is 5.53. The van der Waals surface area contributed by atoms with Crippen molar-refractivity contribution in [2.24, 2.45) is 5.73 Å². The Morgan fingerprint density at radius 3 is 3.07 bits per heavy atom. The van der Waals surface area contributed by atoms with Crippen molar-refractivity contribution in [1.82, 2.24) is 5.32 Å². The fourth-order valence-corrected chi connectivity index (χ4v) is 1.30. The lowest BCUT2D eigenvalue weighted by atomic mass is 10.2. The standard InChI is InChI=1S/C10H16N2OS/c1-3-5-9(11)10(13)12-6-8-14-7-4-2/h2-3,9H,1,5-8,11H2,(H,12,13). The Balaban J connectivity index is 3.44. The van der Waals surface area contributed by atoms with Crippen molar-refractivity contribution < 1.29 is 4.79 Å². The quantitative estimate of drug-likeness (QED) is 0.364. The number of hydrogen-bond donors (Lipinski definition) is 2. The number of carbonyl (C=O) groups excluding carboxylic acids is 1. The van der Waals surface area contributed by atoms with Crippen LogP contribution in [0.3, 0.4) is 0 Å². The van der Waals surface area contributed by atoms with Crippen molar-refractivity contribution in [3.8, 4) is 12.3 Å². The highest BCUT2D eigenvalue weighted by Crippen LogP contribution is 1.95. The minimum Gasteiger partial charge on any atom is -0.354 e. The summed E-state index contributed by atoms with van der Waals surface area (Å²) in [7, 11) is 0. The lowest BCUT2D eigenvalue weighted by Crippen LogP contribution is -2.41. The monoisotopic (exact) mass is 212 g/mol. The van der Waals surface area contributed by atoms with Crippen molar-refractivity contribution in [2.45, 2.75) is 12.5 Å². The van der Waals surface area contributed by atoms with Crippen LogP contribution >= 0.6 is 11.8 Å². The van der Waals surface area contributed by atoms with Crippen molar-refractivity contribution in [3.63, 3.8) is 0 Å². The normalized spacial score (nSPS) is 11.4. The van der Waals surface area contributed by atoms with Crippen molar-refractivity contribution in [2.75, 3.05) is 18.1 Å². The van der Waals surface area contributed by atoms with Crippen molar-refractivity contribution in [3.05, 3.63) is 12.7 Å². The van der Waals surface area contributed by atoms with Gasteiger partial charge in [-0.25, -0.2) is 0 Å². The maximum absolute atomic E-state index is 11.2. The molecule has 0 saturated heterocycles. The molecule has 0 aliphatic rings. The average Bonchev–Trinajstić information content (AvgIpc) is 2.17. The van der Waals surface area contributed by atoms with Gasteiger partial charge in [0.15, 0.2) is 0 Å². The second-order valence-corrected chi connectivity index (χ2v) is 3.78. The minimum atomic E-state index is -0.481. The zero-order chi connectivity index (χ0) is 10.8. The van der Waals surface area contributed by atoms with Gasteiger partial charge in [-0.1, -0.05) is 12.0 Å². The summed E-state index contributed by atoms with van der Waals surface area (Å²) < 4.78 is 0. The van der Waals surface area contributed by atoms with Gasteiger partial charge in [0.2, 0.25) is 5.91 Å². The Bertz CT molecular complexity index is 223. The maximum Gasteiger partial charge on any atom is 0.237 e. The lowest BCUT2D eigenvalue weighted by molar-refractivity contribution is -0.122. The van der Waals surface area contributed by atoms with E-state index in [-0.39, 0.29) is 5.91 Å². The molecule has 1 atom stereocenters. The summed E-state index contributed by atoms with van der Waals surface area (Å²) in [5.41, 5.74) is 5.55. The molecule has 0 aliphatic heterocycles. The molecule has 1 unspecified atom stereocenters. The molecule has 3 N–H and O–H groups in total. The molecule has 0 spiro atoms. The molecule has 0 aromatic heterocycles. The van der Waals surface area contributed by atoms with Gasteiger partial charge in [0, 0.05) is 12.3 Å². The van der Waals surface area contributed by atoms with Crippen LogP contribution in [-0.4, -0.2) is 30.0 Å². The van der Waals surface area contributed by atoms with Crippen LogP contribution < -0.4 is 11.1 Å². The van der Waals surface area contributed by atoms with Gasteiger partial charge in [-0.05, 0) is 6.42 Å². The summed E-state index contributed by atoms with van der Waals surface area (Å²) in [6.45, 7) is 4.12. The van der Waals surface area contributed by atoms with Gasteiger partial charge in [-0.15, -0.1) is 24.8 Å². The van der Waals surface area contributed by atoms with E-state index >= 15 is 0 Å². The molecule has 3 nitrogen and oxygen atoms in total. The van der Waals surface area contributed by atoms with E-state index in [4.69, 9.17) is 12.2 Å². The van der Waals surface area contributed by atoms with Gasteiger partial charge >= 0.3 is 0 Å². The van der Waals surface area contributed by atoms with Crippen LogP contribution in [0.25, 0.3) is 0 Å². The van der Waals surface area contributed by atoms with Crippen LogP contribution in [-0.2, 0) is 4.79 Å². The van der Waals surface area contributed by atoms with Gasteiger partial charge in [0.05, 0.1) is 11.8 Å². The largest absolute Gasteiger partial charge is 0.354 e. The highest BCUT2D eigenvalue weighted by atomic mass is 32.2. The summed E-state index contributed by atoms with van der Waals surface area (Å²) in [6, 6.07) is -0.481. The second kappa shape index (κ2) is 8.67. The Hall–Kier alpha value is -0.920. The van der Waals surface area contributed by atoms with Crippen molar-refractivity contribution >= 4 is 17.7 Å². The number of amides is 1. The molecule has 14 heavy (non-hydrogen) atoms. The van der Waals surface area contributed by atoms with E-state index in [1.807, 2.05) is 0 Å². The molecule has 0 bridgehead atoms. The molecule has 0 radical (unpaired) electrons. The first-order valence-electron chi connectivity index (χ1n) is 4.37. The first-order chi connectivity index (χ1) is 6.72. The smallest absolute Gasteiger partial charge is 0.237 e. The van der Waals surface area contributed by atoms with Crippen molar-refractivity contribution in [1.29, 1.82) is 0 Å². The molecule has 0 saturated carbocycles. The topological polar surface area (TPSA) is 55.1 Å². The zero-order valence-corrected chi connectivity index (χ0v) is 8.98. The summed E-state index contributed by atoms with van der Waals surface area (Å²) >= 11 is 1.61. The highest BCUT2D eigenvalue weighted by molar-refractivity contribution is 7.99. The van der Waals surface area contributed by atoms with E-state index in [9.17, 15) is 4.79 Å². The minimum absolute atomic E-state index is 0.133. The molecule has 0 aliphatic carbocycles. The summed E-state index contributed by atoms with van der Waals surface area (Å²) in [5, 5.41) is 2.72. The molecule has 1 amide bonds. The number of carbonyl (C=O) groups is 1. The Kier molecular flexibility index (Phi) is 8.10. The number of nitrogens with one attached hydrogen (secondary N) is 1. The van der Waals surface area contributed by atoms with E-state index in [1.54, 1.807) is 17.8 Å². The van der Waals surface area contributed by atoms with Crippen LogP contribution in [0.4, 0.5) is 0 Å². The molecule has 0 rings (SSSR count). The number of terminal acetylenes is 1. The second-order valence-electron chi connectivity index (χ2n) is 2.68. The van der Waals surface area contributed by atoms with Crippen LogP contribution in [0.1, 0.15) is 6.42 Å². The third-order valence-electron chi connectivity index (χ3n) is 1.49. The fraction of sp³-hybridized carbons (Fsp3) is 0.500. The van der Waals surface area contributed by atoms with Crippen LogP contribution in [0.15, 0.2) is 12.7 Å². The summed E-state index contributed by atoms with van der Waals surface area (Å²) in [4.78, 5) is 11.2. The van der Waals surface area contributed by atoms with E-state index in [0.29, 0.717) is 18.7 Å². The van der Waals surface area contributed by atoms with E-state index in [1.165, 1.54) is 0 Å². The molecule has 78 valence electrons. The molecule has 4 heteroatoms. The Morgan fingerprint density at radius 2 is 2.50 bits per heavy atom. The number of rotatable bonds is 7. The molecule has 0 aromatic carbocycles. The summed E-state index contributed by atoms with van der Waals surface area (Å²) in [5.74, 6) is 3.87. The van der Waals surface area contributed by atoms with Crippen LogP contribution in [0.5, 0.6) is 0 Å². The SMILES string of the molecule is C#CCSCCNC(=O)C(N)CC=C. The van der Waals surface area contributed by atoms with E-state index in [2.05, 4.69) is 17.8 Å². The van der Waals surface area contributed by atoms with Gasteiger partial charge in [-0.3, -0.25) is 4.79 Å². The van der Waals surface area contributed by atoms with E-state index < -0.39 is 6.04 Å². The van der Waals surface area contributed by atoms with Gasteiger partial charge in [0.1, 0.15) is 0 Å². The predicted octanol–water partition coefficient (Wildman–Crippen LogP) is 0.372. The third kappa shape index (κ3) is 6.58. The highest BCUT2D eigenvalue weighted by Gasteiger charge is 2.09. The van der Waals surface area contributed by atoms with Gasteiger partial charge in [-0.2, -0.15) is 0 Å². The molecule has 0 aromatic rings. The van der Waals surface area contributed by atoms with Crippen LogP contribution in [0.2, 0.25) is 0 Å². The molecular weight excluding hydrogens is 196 g/mol. The van der Waals surface area contributed by atoms with E-state index in [0.717, 1.165) is 5.75 Å². The predicted molar refractivity (Wildman–Crippen MR) is 62.0 cm³/mol.